The van der Waals surface area contributed by atoms with Crippen molar-refractivity contribution in [3.8, 4) is 0 Å². The smallest absolute Gasteiger partial charge is 0.177 e. The lowest BCUT2D eigenvalue weighted by atomic mass is 9.80. The van der Waals surface area contributed by atoms with E-state index in [9.17, 15) is 17.6 Å². The van der Waals surface area contributed by atoms with E-state index in [0.29, 0.717) is 34.1 Å². The standard InChI is InChI=1S/C16H13FINO3S/c17-9-2-1-8(7-10(9)18)14-15-11(3-4-13(15)20)19-12-5-6-23(21,22)16(12)14/h1-2,7,14-15H,3-6H2. The number of halogens is 2. The maximum Gasteiger partial charge on any atom is 0.177 e. The highest BCUT2D eigenvalue weighted by Crippen LogP contribution is 2.49. The van der Waals surface area contributed by atoms with E-state index in [1.54, 1.807) is 12.1 Å². The van der Waals surface area contributed by atoms with Gasteiger partial charge in [-0.1, -0.05) is 6.07 Å². The van der Waals surface area contributed by atoms with E-state index < -0.39 is 21.7 Å². The molecule has 0 amide bonds. The summed E-state index contributed by atoms with van der Waals surface area (Å²) in [6.07, 6.45) is 1.39. The van der Waals surface area contributed by atoms with Gasteiger partial charge in [0.15, 0.2) is 9.84 Å². The number of allylic oxidation sites excluding steroid dienone is 2. The van der Waals surface area contributed by atoms with Crippen molar-refractivity contribution < 1.29 is 17.6 Å². The summed E-state index contributed by atoms with van der Waals surface area (Å²) in [6.45, 7) is 0. The Morgan fingerprint density at radius 3 is 2.70 bits per heavy atom. The van der Waals surface area contributed by atoms with Gasteiger partial charge in [-0.2, -0.15) is 0 Å². The first kappa shape index (κ1) is 15.4. The van der Waals surface area contributed by atoms with Crippen LogP contribution in [0.25, 0.3) is 0 Å². The number of Topliss-reactive ketones (excluding diaryl/α,β-unsaturated/α-hetero) is 1. The Morgan fingerprint density at radius 2 is 1.96 bits per heavy atom. The number of hydrogen-bond donors (Lipinski definition) is 0. The molecule has 120 valence electrons. The van der Waals surface area contributed by atoms with Crippen molar-refractivity contribution >= 4 is 43.9 Å². The zero-order valence-corrected chi connectivity index (χ0v) is 15.0. The van der Waals surface area contributed by atoms with Crippen LogP contribution in [0, 0.1) is 15.3 Å². The molecule has 2 aliphatic heterocycles. The second kappa shape index (κ2) is 5.20. The summed E-state index contributed by atoms with van der Waals surface area (Å²) in [7, 11) is -3.41. The molecule has 0 spiro atoms. The third-order valence-corrected chi connectivity index (χ3v) is 7.49. The quantitative estimate of drug-likeness (QED) is 0.625. The minimum atomic E-state index is -3.41. The van der Waals surface area contributed by atoms with Gasteiger partial charge < -0.3 is 0 Å². The monoisotopic (exact) mass is 445 g/mol. The maximum atomic E-state index is 13.6. The Hall–Kier alpha value is -1.09. The average molecular weight is 445 g/mol. The van der Waals surface area contributed by atoms with Gasteiger partial charge in [-0.05, 0) is 46.7 Å². The van der Waals surface area contributed by atoms with Gasteiger partial charge in [-0.15, -0.1) is 0 Å². The Labute approximate surface area is 146 Å². The maximum absolute atomic E-state index is 13.6. The molecule has 4 rings (SSSR count). The van der Waals surface area contributed by atoms with E-state index in [-0.39, 0.29) is 22.3 Å². The molecule has 1 saturated carbocycles. The van der Waals surface area contributed by atoms with Crippen molar-refractivity contribution in [3.05, 3.63) is 43.8 Å². The van der Waals surface area contributed by atoms with Crippen LogP contribution in [-0.2, 0) is 14.6 Å². The van der Waals surface area contributed by atoms with Crippen molar-refractivity contribution in [2.75, 3.05) is 5.75 Å². The molecular formula is C16H13FINO3S. The average Bonchev–Trinajstić information content (AvgIpc) is 3.01. The van der Waals surface area contributed by atoms with E-state index >= 15 is 0 Å². The fourth-order valence-electron chi connectivity index (χ4n) is 3.75. The Morgan fingerprint density at radius 1 is 1.17 bits per heavy atom. The van der Waals surface area contributed by atoms with Crippen LogP contribution >= 0.6 is 22.6 Å². The molecule has 0 radical (unpaired) electrons. The summed E-state index contributed by atoms with van der Waals surface area (Å²) >= 11 is 1.88. The van der Waals surface area contributed by atoms with Crippen LogP contribution < -0.4 is 0 Å². The molecule has 23 heavy (non-hydrogen) atoms. The van der Waals surface area contributed by atoms with E-state index in [2.05, 4.69) is 4.99 Å². The predicted octanol–water partition coefficient (Wildman–Crippen LogP) is 2.98. The summed E-state index contributed by atoms with van der Waals surface area (Å²) < 4.78 is 39.1. The lowest BCUT2D eigenvalue weighted by molar-refractivity contribution is -0.120. The van der Waals surface area contributed by atoms with Crippen LogP contribution in [0.2, 0.25) is 0 Å². The molecule has 1 fully saturated rings. The number of benzene rings is 1. The van der Waals surface area contributed by atoms with Crippen molar-refractivity contribution in [3.63, 3.8) is 0 Å². The summed E-state index contributed by atoms with van der Waals surface area (Å²) in [5, 5.41) is 0. The van der Waals surface area contributed by atoms with Crippen molar-refractivity contribution in [2.24, 2.45) is 10.9 Å². The van der Waals surface area contributed by atoms with Crippen molar-refractivity contribution in [1.82, 2.24) is 0 Å². The summed E-state index contributed by atoms with van der Waals surface area (Å²) in [6, 6.07) is 4.58. The predicted molar refractivity (Wildman–Crippen MR) is 92.5 cm³/mol. The molecule has 2 atom stereocenters. The molecule has 2 heterocycles. The topological polar surface area (TPSA) is 63.6 Å². The van der Waals surface area contributed by atoms with Gasteiger partial charge >= 0.3 is 0 Å². The third-order valence-electron chi connectivity index (χ3n) is 4.76. The van der Waals surface area contributed by atoms with E-state index in [0.717, 1.165) is 5.71 Å². The molecule has 3 aliphatic rings. The molecule has 1 aliphatic carbocycles. The van der Waals surface area contributed by atoms with Crippen LogP contribution in [0.15, 0.2) is 33.8 Å². The van der Waals surface area contributed by atoms with Crippen LogP contribution in [0.4, 0.5) is 4.39 Å². The molecular weight excluding hydrogens is 432 g/mol. The Bertz CT molecular complexity index is 904. The lowest BCUT2D eigenvalue weighted by Crippen LogP contribution is -2.30. The van der Waals surface area contributed by atoms with Crippen LogP contribution in [0.5, 0.6) is 0 Å². The van der Waals surface area contributed by atoms with Gasteiger partial charge in [-0.25, -0.2) is 12.8 Å². The van der Waals surface area contributed by atoms with Crippen LogP contribution in [-0.4, -0.2) is 25.7 Å². The first-order valence-corrected chi connectivity index (χ1v) is 10.1. The van der Waals surface area contributed by atoms with Gasteiger partial charge in [0.1, 0.15) is 11.6 Å². The molecule has 0 N–H and O–H groups in total. The molecule has 0 aromatic heterocycles. The normalized spacial score (nSPS) is 28.6. The summed E-state index contributed by atoms with van der Waals surface area (Å²) in [5.74, 6) is -1.33. The number of carbonyl (C=O) groups excluding carboxylic acids is 1. The number of carbonyl (C=O) groups is 1. The van der Waals surface area contributed by atoms with Crippen molar-refractivity contribution in [1.29, 1.82) is 0 Å². The molecule has 1 aromatic carbocycles. The zero-order valence-electron chi connectivity index (χ0n) is 12.1. The Balaban J connectivity index is 1.95. The largest absolute Gasteiger partial charge is 0.299 e. The highest BCUT2D eigenvalue weighted by molar-refractivity contribution is 14.1. The summed E-state index contributed by atoms with van der Waals surface area (Å²) in [4.78, 5) is 17.1. The highest BCUT2D eigenvalue weighted by atomic mass is 127. The number of fused-ring (bicyclic) bond motifs is 1. The number of nitrogens with zero attached hydrogens (tertiary/aromatic N) is 1. The highest BCUT2D eigenvalue weighted by Gasteiger charge is 2.49. The van der Waals surface area contributed by atoms with Gasteiger partial charge in [0.2, 0.25) is 0 Å². The first-order chi connectivity index (χ1) is 10.9. The van der Waals surface area contributed by atoms with Crippen LogP contribution in [0.3, 0.4) is 0 Å². The minimum Gasteiger partial charge on any atom is -0.299 e. The van der Waals surface area contributed by atoms with E-state index in [4.69, 9.17) is 0 Å². The number of rotatable bonds is 1. The zero-order chi connectivity index (χ0) is 16.4. The van der Waals surface area contributed by atoms with Gasteiger partial charge in [0.25, 0.3) is 0 Å². The molecule has 1 aromatic rings. The fourth-order valence-corrected chi connectivity index (χ4v) is 6.14. The second-order valence-electron chi connectivity index (χ2n) is 6.08. The molecule has 0 saturated heterocycles. The van der Waals surface area contributed by atoms with E-state index in [1.165, 1.54) is 6.07 Å². The molecule has 2 unspecified atom stereocenters. The third kappa shape index (κ3) is 2.31. The van der Waals surface area contributed by atoms with Gasteiger partial charge in [0.05, 0.1) is 22.3 Å². The fraction of sp³-hybridized carbons (Fsp3) is 0.375. The van der Waals surface area contributed by atoms with E-state index in [1.807, 2.05) is 22.6 Å². The molecule has 4 nitrogen and oxygen atoms in total. The lowest BCUT2D eigenvalue weighted by Gasteiger charge is -2.28. The van der Waals surface area contributed by atoms with Crippen molar-refractivity contribution in [2.45, 2.75) is 25.2 Å². The van der Waals surface area contributed by atoms with Gasteiger partial charge in [0, 0.05) is 28.0 Å². The van der Waals surface area contributed by atoms with Crippen LogP contribution in [0.1, 0.15) is 30.7 Å². The summed E-state index contributed by atoms with van der Waals surface area (Å²) in [5.41, 5.74) is 2.06. The second-order valence-corrected chi connectivity index (χ2v) is 9.32. The first-order valence-electron chi connectivity index (χ1n) is 7.39. The number of aliphatic imine (C=N–C) groups is 1. The molecule has 7 heteroatoms. The number of hydrogen-bond acceptors (Lipinski definition) is 4. The molecule has 0 bridgehead atoms. The Kier molecular flexibility index (Phi) is 3.49. The SMILES string of the molecule is O=C1CCC2=NC3=C(C(c4ccc(F)c(I)c4)C12)S(=O)(=O)CC3. The minimum absolute atomic E-state index is 0.0294. The number of sulfone groups is 1. The number of ketones is 1. The van der Waals surface area contributed by atoms with Gasteiger partial charge in [-0.3, -0.25) is 9.79 Å².